The van der Waals surface area contributed by atoms with Crippen molar-refractivity contribution >= 4 is 18.4 Å². The first-order chi connectivity index (χ1) is 14.3. The number of hydrogen-bond acceptors (Lipinski definition) is 5. The van der Waals surface area contributed by atoms with Gasteiger partial charge < -0.3 is 19.5 Å². The number of benzene rings is 2. The molecule has 0 bridgehead atoms. The lowest BCUT2D eigenvalue weighted by atomic mass is 9.76. The van der Waals surface area contributed by atoms with Crippen molar-refractivity contribution in [1.29, 1.82) is 0 Å². The summed E-state index contributed by atoms with van der Waals surface area (Å²) in [5.74, 6) is -1.29. The lowest BCUT2D eigenvalue weighted by molar-refractivity contribution is -0.274. The van der Waals surface area contributed by atoms with E-state index in [2.05, 4.69) is 10.1 Å². The predicted octanol–water partition coefficient (Wildman–Crippen LogP) is 4.91. The van der Waals surface area contributed by atoms with Crippen molar-refractivity contribution in [2.24, 2.45) is 0 Å². The topological polar surface area (TPSA) is 56.8 Å². The normalized spacial score (nSPS) is 25.6. The maximum Gasteiger partial charge on any atom is 0.573 e. The number of esters is 1. The van der Waals surface area contributed by atoms with Gasteiger partial charge in [-0.2, -0.15) is 0 Å². The summed E-state index contributed by atoms with van der Waals surface area (Å²) in [7, 11) is 1.41. The summed E-state index contributed by atoms with van der Waals surface area (Å²) in [5, 5.41) is 3.45. The molecule has 2 aliphatic heterocycles. The second-order valence-corrected chi connectivity index (χ2v) is 7.60. The third-order valence-electron chi connectivity index (χ3n) is 5.73. The fourth-order valence-electron chi connectivity index (χ4n) is 4.52. The summed E-state index contributed by atoms with van der Waals surface area (Å²) < 4.78 is 53.3. The van der Waals surface area contributed by atoms with E-state index in [9.17, 15) is 18.0 Å². The van der Waals surface area contributed by atoms with Crippen LogP contribution in [0.1, 0.15) is 42.3 Å². The summed E-state index contributed by atoms with van der Waals surface area (Å²) >= 11 is 0. The first-order valence-corrected chi connectivity index (χ1v) is 9.76. The molecule has 0 unspecified atom stereocenters. The first-order valence-electron chi connectivity index (χ1n) is 9.76. The van der Waals surface area contributed by atoms with E-state index in [1.165, 1.54) is 25.3 Å². The second-order valence-electron chi connectivity index (χ2n) is 7.60. The first kappa shape index (κ1) is 23.2. The van der Waals surface area contributed by atoms with E-state index in [0.717, 1.165) is 18.5 Å². The maximum atomic E-state index is 12.9. The van der Waals surface area contributed by atoms with Gasteiger partial charge in [0.2, 0.25) is 0 Å². The van der Waals surface area contributed by atoms with Crippen molar-refractivity contribution in [3.05, 3.63) is 59.7 Å². The molecule has 0 radical (unpaired) electrons. The van der Waals surface area contributed by atoms with Gasteiger partial charge in [-0.1, -0.05) is 30.3 Å². The van der Waals surface area contributed by atoms with Crippen molar-refractivity contribution in [2.75, 3.05) is 13.7 Å². The molecule has 2 heterocycles. The van der Waals surface area contributed by atoms with Crippen LogP contribution in [0.4, 0.5) is 13.2 Å². The van der Waals surface area contributed by atoms with Crippen molar-refractivity contribution < 1.29 is 32.2 Å². The van der Waals surface area contributed by atoms with E-state index < -0.39 is 29.6 Å². The number of halogens is 4. The number of carbonyl (C=O) groups excluding carboxylic acids is 1. The Morgan fingerprint density at radius 1 is 1.16 bits per heavy atom. The number of rotatable bonds is 4. The fraction of sp³-hybridized carbons (Fsp3) is 0.409. The molecule has 1 N–H and O–H groups in total. The number of alkyl halides is 3. The van der Waals surface area contributed by atoms with Gasteiger partial charge >= 0.3 is 12.3 Å². The number of piperidine rings is 1. The highest BCUT2D eigenvalue weighted by Crippen LogP contribution is 2.50. The van der Waals surface area contributed by atoms with E-state index in [-0.39, 0.29) is 18.4 Å². The van der Waals surface area contributed by atoms with Crippen LogP contribution in [-0.4, -0.2) is 31.6 Å². The molecule has 0 aromatic heterocycles. The Balaban J connectivity index is 0.00000272. The smallest absolute Gasteiger partial charge is 0.496 e. The molecular formula is C22H23ClF3NO4. The van der Waals surface area contributed by atoms with Crippen LogP contribution >= 0.6 is 12.4 Å². The lowest BCUT2D eigenvalue weighted by Gasteiger charge is -2.41. The molecule has 2 aromatic carbocycles. The number of hydrogen-bond donors (Lipinski definition) is 1. The van der Waals surface area contributed by atoms with E-state index in [4.69, 9.17) is 9.47 Å². The predicted molar refractivity (Wildman–Crippen MR) is 110 cm³/mol. The van der Waals surface area contributed by atoms with Gasteiger partial charge in [-0.25, -0.2) is 0 Å². The summed E-state index contributed by atoms with van der Waals surface area (Å²) in [6.45, 7) is 0.793. The Morgan fingerprint density at radius 3 is 2.58 bits per heavy atom. The average molecular weight is 458 g/mol. The highest BCUT2D eigenvalue weighted by Gasteiger charge is 2.54. The minimum Gasteiger partial charge on any atom is -0.496 e. The summed E-state index contributed by atoms with van der Waals surface area (Å²) in [5.41, 5.74) is 0.568. The number of ether oxygens (including phenoxy) is 3. The third kappa shape index (κ3) is 4.75. The van der Waals surface area contributed by atoms with Gasteiger partial charge in [0.05, 0.1) is 19.1 Å². The zero-order valence-corrected chi connectivity index (χ0v) is 17.6. The number of nitrogens with one attached hydrogen (secondary N) is 1. The Hall–Kier alpha value is -2.45. The highest BCUT2D eigenvalue weighted by molar-refractivity contribution is 5.85. The van der Waals surface area contributed by atoms with Crippen LogP contribution in [0.3, 0.4) is 0 Å². The number of methoxy groups -OCH3 is 1. The Kier molecular flexibility index (Phi) is 6.71. The van der Waals surface area contributed by atoms with Gasteiger partial charge in [0.1, 0.15) is 17.1 Å². The third-order valence-corrected chi connectivity index (χ3v) is 5.73. The van der Waals surface area contributed by atoms with Crippen LogP contribution < -0.4 is 14.8 Å². The molecule has 5 nitrogen and oxygen atoms in total. The van der Waals surface area contributed by atoms with Gasteiger partial charge in [-0.05, 0) is 43.1 Å². The van der Waals surface area contributed by atoms with Crippen molar-refractivity contribution in [1.82, 2.24) is 5.32 Å². The molecule has 0 saturated carbocycles. The van der Waals surface area contributed by atoms with Crippen LogP contribution in [0.25, 0.3) is 0 Å². The van der Waals surface area contributed by atoms with Crippen molar-refractivity contribution in [2.45, 2.75) is 43.2 Å². The summed E-state index contributed by atoms with van der Waals surface area (Å²) in [6.07, 6.45) is -2.99. The number of carbonyl (C=O) groups is 1. The largest absolute Gasteiger partial charge is 0.573 e. The monoisotopic (exact) mass is 457 g/mol. The SMILES string of the molecule is COc1ccc(OC(F)(F)F)cc1[C@H]1C[C@@]2(CCCN[C@H]2c2ccccc2)OC1=O.Cl. The Labute approximate surface area is 184 Å². The van der Waals surface area contributed by atoms with Crippen molar-refractivity contribution in [3.63, 3.8) is 0 Å². The lowest BCUT2D eigenvalue weighted by Crippen LogP contribution is -2.48. The van der Waals surface area contributed by atoms with Crippen LogP contribution in [0, 0.1) is 0 Å². The average Bonchev–Trinajstić information content (AvgIpc) is 3.04. The van der Waals surface area contributed by atoms with Crippen LogP contribution in [0.15, 0.2) is 48.5 Å². The zero-order valence-electron chi connectivity index (χ0n) is 16.8. The van der Waals surface area contributed by atoms with Crippen LogP contribution in [0.2, 0.25) is 0 Å². The minimum atomic E-state index is -4.82. The van der Waals surface area contributed by atoms with E-state index in [1.54, 1.807) is 0 Å². The highest BCUT2D eigenvalue weighted by atomic mass is 35.5. The maximum absolute atomic E-state index is 12.9. The molecule has 9 heteroatoms. The summed E-state index contributed by atoms with van der Waals surface area (Å²) in [6, 6.07) is 13.3. The van der Waals surface area contributed by atoms with E-state index in [0.29, 0.717) is 24.2 Å². The zero-order chi connectivity index (χ0) is 21.4. The standard InChI is InChI=1S/C22H22F3NO4.ClH/c1-28-18-9-8-15(29-22(23,24)25)12-16(18)17-13-21(30-20(17)27)10-5-11-26-19(21)14-6-3-2-4-7-14;/h2-4,6-9,12,17,19,26H,5,10-11,13H2,1H3;1H/t17-,19+,21-;/m1./s1. The fourth-order valence-corrected chi connectivity index (χ4v) is 4.52. The second kappa shape index (κ2) is 8.96. The molecule has 2 aromatic rings. The van der Waals surface area contributed by atoms with Crippen LogP contribution in [-0.2, 0) is 9.53 Å². The van der Waals surface area contributed by atoms with Gasteiger partial charge in [0.15, 0.2) is 0 Å². The van der Waals surface area contributed by atoms with Gasteiger partial charge in [0, 0.05) is 12.0 Å². The molecule has 31 heavy (non-hydrogen) atoms. The van der Waals surface area contributed by atoms with E-state index in [1.807, 2.05) is 30.3 Å². The van der Waals surface area contributed by atoms with Gasteiger partial charge in [0.25, 0.3) is 0 Å². The molecule has 2 fully saturated rings. The van der Waals surface area contributed by atoms with Gasteiger partial charge in [-0.3, -0.25) is 4.79 Å². The molecule has 1 spiro atoms. The van der Waals surface area contributed by atoms with Gasteiger partial charge in [-0.15, -0.1) is 25.6 Å². The molecular weight excluding hydrogens is 435 g/mol. The molecule has 0 aliphatic carbocycles. The molecule has 2 aliphatic rings. The molecule has 2 saturated heterocycles. The summed E-state index contributed by atoms with van der Waals surface area (Å²) in [4.78, 5) is 12.9. The Morgan fingerprint density at radius 2 is 1.90 bits per heavy atom. The molecule has 0 amide bonds. The quantitative estimate of drug-likeness (QED) is 0.661. The molecule has 3 atom stereocenters. The molecule has 4 rings (SSSR count). The molecule has 168 valence electrons. The Bertz CT molecular complexity index is 925. The minimum absolute atomic E-state index is 0. The van der Waals surface area contributed by atoms with E-state index >= 15 is 0 Å². The van der Waals surface area contributed by atoms with Crippen LogP contribution in [0.5, 0.6) is 11.5 Å². The van der Waals surface area contributed by atoms with Crippen molar-refractivity contribution in [3.8, 4) is 11.5 Å².